The number of aliphatic hydroxyl groups is 1. The molecule has 140 valence electrons. The molecule has 6 atom stereocenters. The van der Waals surface area contributed by atoms with E-state index in [1.807, 2.05) is 13.0 Å². The molecule has 2 aliphatic rings. The lowest BCUT2D eigenvalue weighted by Gasteiger charge is -2.53. The van der Waals surface area contributed by atoms with Gasteiger partial charge in [0.05, 0.1) is 16.8 Å². The lowest BCUT2D eigenvalue weighted by atomic mass is 9.59. The first-order chi connectivity index (χ1) is 10.9. The molecule has 2 rings (SSSR count). The highest BCUT2D eigenvalue weighted by atomic mass is 79.9. The van der Waals surface area contributed by atoms with Gasteiger partial charge in [0, 0.05) is 9.65 Å². The smallest absolute Gasteiger partial charge is 0.0840 e. The van der Waals surface area contributed by atoms with Crippen LogP contribution in [-0.2, 0) is 4.74 Å². The third-order valence-corrected chi connectivity index (χ3v) is 9.81. The van der Waals surface area contributed by atoms with Gasteiger partial charge in [0.1, 0.15) is 0 Å². The van der Waals surface area contributed by atoms with Crippen LogP contribution in [0.25, 0.3) is 0 Å². The minimum absolute atomic E-state index is 0.0658. The molecule has 1 heterocycles. The van der Waals surface area contributed by atoms with Crippen LogP contribution in [0.4, 0.5) is 0 Å². The fourth-order valence-corrected chi connectivity index (χ4v) is 5.92. The van der Waals surface area contributed by atoms with E-state index in [1.54, 1.807) is 0 Å². The molecule has 0 aromatic rings. The van der Waals surface area contributed by atoms with Gasteiger partial charge < -0.3 is 9.84 Å². The molecule has 0 aromatic heterocycles. The van der Waals surface area contributed by atoms with Crippen LogP contribution < -0.4 is 0 Å². The van der Waals surface area contributed by atoms with Crippen LogP contribution in [-0.4, -0.2) is 31.6 Å². The molecule has 4 heteroatoms. The first-order valence-electron chi connectivity index (χ1n) is 9.21. The highest BCUT2D eigenvalue weighted by Gasteiger charge is 2.51. The quantitative estimate of drug-likeness (QED) is 0.407. The lowest BCUT2D eigenvalue weighted by Crippen LogP contribution is -2.54. The molecule has 0 radical (unpaired) electrons. The van der Waals surface area contributed by atoms with Gasteiger partial charge >= 0.3 is 0 Å². The van der Waals surface area contributed by atoms with E-state index < -0.39 is 5.60 Å². The lowest BCUT2D eigenvalue weighted by molar-refractivity contribution is -0.158. The Hall–Kier alpha value is 0.620. The predicted molar refractivity (Wildman–Crippen MR) is 109 cm³/mol. The Morgan fingerprint density at radius 3 is 2.25 bits per heavy atom. The monoisotopic (exact) mass is 464 g/mol. The fourth-order valence-electron chi connectivity index (χ4n) is 4.82. The minimum Gasteiger partial charge on any atom is -0.390 e. The number of rotatable bonds is 4. The number of alkyl halides is 2. The Balaban J connectivity index is 2.16. The third-order valence-electron chi connectivity index (χ3n) is 6.74. The summed E-state index contributed by atoms with van der Waals surface area (Å²) in [5.41, 5.74) is -1.02. The molecule has 24 heavy (non-hydrogen) atoms. The summed E-state index contributed by atoms with van der Waals surface area (Å²) in [7, 11) is 0. The van der Waals surface area contributed by atoms with Crippen molar-refractivity contribution in [3.63, 3.8) is 0 Å². The van der Waals surface area contributed by atoms with Crippen LogP contribution in [0.5, 0.6) is 0 Å². The molecule has 2 fully saturated rings. The maximum atomic E-state index is 11.0. The first kappa shape index (κ1) is 20.9. The van der Waals surface area contributed by atoms with Crippen LogP contribution in [0.3, 0.4) is 0 Å². The number of hydrogen-bond acceptors (Lipinski definition) is 2. The molecule has 1 N–H and O–H groups in total. The van der Waals surface area contributed by atoms with Crippen molar-refractivity contribution in [2.24, 2.45) is 11.3 Å². The molecule has 1 saturated carbocycles. The van der Waals surface area contributed by atoms with Crippen LogP contribution >= 0.6 is 31.9 Å². The van der Waals surface area contributed by atoms with E-state index in [0.29, 0.717) is 9.65 Å². The molecule has 6 unspecified atom stereocenters. The Morgan fingerprint density at radius 2 is 1.67 bits per heavy atom. The first-order valence-corrected chi connectivity index (χ1v) is 11.0. The van der Waals surface area contributed by atoms with Gasteiger partial charge in [0.15, 0.2) is 0 Å². The Kier molecular flexibility index (Phi) is 6.08. The largest absolute Gasteiger partial charge is 0.390 e. The molecule has 1 aliphatic heterocycles. The molecule has 1 saturated heterocycles. The van der Waals surface area contributed by atoms with Crippen molar-refractivity contribution in [3.05, 3.63) is 12.7 Å². The normalized spacial score (nSPS) is 48.9. The van der Waals surface area contributed by atoms with Gasteiger partial charge in [0.25, 0.3) is 0 Å². The van der Waals surface area contributed by atoms with E-state index in [-0.39, 0.29) is 22.5 Å². The average molecular weight is 466 g/mol. The summed E-state index contributed by atoms with van der Waals surface area (Å²) >= 11 is 7.71. The molecule has 0 amide bonds. The summed E-state index contributed by atoms with van der Waals surface area (Å²) in [6.07, 6.45) is 7.82. The van der Waals surface area contributed by atoms with Gasteiger partial charge in [-0.05, 0) is 70.6 Å². The van der Waals surface area contributed by atoms with Crippen molar-refractivity contribution in [3.8, 4) is 0 Å². The zero-order valence-corrected chi connectivity index (χ0v) is 19.0. The van der Waals surface area contributed by atoms with Gasteiger partial charge in [0.2, 0.25) is 0 Å². The van der Waals surface area contributed by atoms with E-state index in [1.165, 1.54) is 0 Å². The zero-order valence-electron chi connectivity index (χ0n) is 15.9. The van der Waals surface area contributed by atoms with Gasteiger partial charge in [-0.25, -0.2) is 0 Å². The molecule has 2 nitrogen and oxygen atoms in total. The molecule has 0 aromatic carbocycles. The Morgan fingerprint density at radius 1 is 1.08 bits per heavy atom. The van der Waals surface area contributed by atoms with Crippen LogP contribution in [0.15, 0.2) is 12.7 Å². The number of hydrogen-bond donors (Lipinski definition) is 1. The summed E-state index contributed by atoms with van der Waals surface area (Å²) in [6, 6.07) is 0. The predicted octanol–water partition coefficient (Wildman–Crippen LogP) is 5.99. The fraction of sp³-hybridized carbons (Fsp3) is 0.900. The number of ether oxygens (including phenoxy) is 1. The van der Waals surface area contributed by atoms with Crippen molar-refractivity contribution in [2.45, 2.75) is 99.6 Å². The van der Waals surface area contributed by atoms with Gasteiger partial charge in [-0.2, -0.15) is 0 Å². The van der Waals surface area contributed by atoms with Gasteiger partial charge in [-0.3, -0.25) is 0 Å². The van der Waals surface area contributed by atoms with E-state index in [4.69, 9.17) is 4.74 Å². The zero-order chi connectivity index (χ0) is 18.4. The average Bonchev–Trinajstić information content (AvgIpc) is 2.47. The van der Waals surface area contributed by atoms with Crippen molar-refractivity contribution in [1.82, 2.24) is 0 Å². The van der Waals surface area contributed by atoms with Crippen LogP contribution in [0.2, 0.25) is 0 Å². The highest BCUT2D eigenvalue weighted by Crippen LogP contribution is 2.52. The SMILES string of the molecule is C=CC1(C)CCC(Br)C(C)(CCC2C(C)(O)CCC(Br)C2(C)C)O1. The summed E-state index contributed by atoms with van der Waals surface area (Å²) in [4.78, 5) is 0.794. The topological polar surface area (TPSA) is 29.5 Å². The third kappa shape index (κ3) is 3.97. The van der Waals surface area contributed by atoms with E-state index in [2.05, 4.69) is 66.1 Å². The van der Waals surface area contributed by atoms with E-state index in [9.17, 15) is 5.11 Å². The second-order valence-corrected chi connectivity index (χ2v) is 11.4. The van der Waals surface area contributed by atoms with Crippen LogP contribution in [0.1, 0.15) is 73.1 Å². The summed E-state index contributed by atoms with van der Waals surface area (Å²) < 4.78 is 6.52. The maximum Gasteiger partial charge on any atom is 0.0840 e. The standard InChI is InChI=1S/C20H34Br2O2/c1-7-18(4)11-9-16(22)20(6,24-18)13-8-14-17(2,3)15(21)10-12-19(14,5)23/h7,14-16,23H,1,8-13H2,2-6H3. The molecule has 1 aliphatic carbocycles. The summed E-state index contributed by atoms with van der Waals surface area (Å²) in [6.45, 7) is 14.9. The maximum absolute atomic E-state index is 11.0. The molecular formula is C20H34Br2O2. The highest BCUT2D eigenvalue weighted by molar-refractivity contribution is 9.09. The second kappa shape index (κ2) is 6.98. The van der Waals surface area contributed by atoms with Crippen molar-refractivity contribution >= 4 is 31.9 Å². The van der Waals surface area contributed by atoms with Crippen molar-refractivity contribution in [1.29, 1.82) is 0 Å². The van der Waals surface area contributed by atoms with Gasteiger partial charge in [-0.1, -0.05) is 51.8 Å². The Bertz CT molecular complexity index is 476. The summed E-state index contributed by atoms with van der Waals surface area (Å²) in [5.74, 6) is 0.250. The molecule has 0 spiro atoms. The summed E-state index contributed by atoms with van der Waals surface area (Å²) in [5, 5.41) is 11.0. The molecular weight excluding hydrogens is 432 g/mol. The number of halogens is 2. The van der Waals surface area contributed by atoms with Crippen molar-refractivity contribution < 1.29 is 9.84 Å². The van der Waals surface area contributed by atoms with Gasteiger partial charge in [-0.15, -0.1) is 6.58 Å². The molecule has 0 bridgehead atoms. The Labute approximate surface area is 165 Å². The van der Waals surface area contributed by atoms with Crippen LogP contribution in [0, 0.1) is 11.3 Å². The minimum atomic E-state index is -0.609. The second-order valence-electron chi connectivity index (χ2n) is 9.21. The van der Waals surface area contributed by atoms with E-state index >= 15 is 0 Å². The van der Waals surface area contributed by atoms with E-state index in [0.717, 1.165) is 38.5 Å². The van der Waals surface area contributed by atoms with Crippen molar-refractivity contribution in [2.75, 3.05) is 0 Å².